The van der Waals surface area contributed by atoms with Crippen LogP contribution in [0.2, 0.25) is 0 Å². The first-order chi connectivity index (χ1) is 8.72. The largest absolute Gasteiger partial charge is 0.396 e. The Labute approximate surface area is 108 Å². The normalized spacial score (nSPS) is 17.4. The van der Waals surface area contributed by atoms with E-state index in [1.165, 1.54) is 25.7 Å². The molecule has 5 nitrogen and oxygen atoms in total. The van der Waals surface area contributed by atoms with Crippen LogP contribution in [-0.4, -0.2) is 21.7 Å². The lowest BCUT2D eigenvalue weighted by Gasteiger charge is -2.16. The van der Waals surface area contributed by atoms with Gasteiger partial charge in [-0.05, 0) is 19.8 Å². The molecule has 0 unspecified atom stereocenters. The van der Waals surface area contributed by atoms with Crippen LogP contribution in [0.15, 0.2) is 6.20 Å². The average Bonchev–Trinajstić information content (AvgIpc) is 2.57. The Bertz CT molecular complexity index is 405. The smallest absolute Gasteiger partial charge is 0.271 e. The van der Waals surface area contributed by atoms with Crippen LogP contribution in [0.3, 0.4) is 0 Å². The Kier molecular flexibility index (Phi) is 4.23. The monoisotopic (exact) mass is 250 g/mol. The predicted molar refractivity (Wildman–Crippen MR) is 71.3 cm³/mol. The van der Waals surface area contributed by atoms with Crippen molar-refractivity contribution in [1.82, 2.24) is 15.1 Å². The first-order valence-electron chi connectivity index (χ1n) is 6.84. The molecule has 0 bridgehead atoms. The zero-order valence-electron chi connectivity index (χ0n) is 11.0. The van der Waals surface area contributed by atoms with E-state index in [-0.39, 0.29) is 5.91 Å². The van der Waals surface area contributed by atoms with Crippen molar-refractivity contribution in [2.75, 3.05) is 5.73 Å². The molecule has 100 valence electrons. The summed E-state index contributed by atoms with van der Waals surface area (Å²) in [5.41, 5.74) is 6.77. The van der Waals surface area contributed by atoms with E-state index in [9.17, 15) is 4.79 Å². The second-order valence-corrected chi connectivity index (χ2v) is 4.93. The van der Waals surface area contributed by atoms with Gasteiger partial charge in [-0.2, -0.15) is 5.10 Å². The van der Waals surface area contributed by atoms with Crippen molar-refractivity contribution >= 4 is 11.6 Å². The lowest BCUT2D eigenvalue weighted by atomic mass is 10.1. The van der Waals surface area contributed by atoms with Gasteiger partial charge in [0.1, 0.15) is 5.69 Å². The summed E-state index contributed by atoms with van der Waals surface area (Å²) in [5, 5.41) is 7.19. The average molecular weight is 250 g/mol. The van der Waals surface area contributed by atoms with Crippen molar-refractivity contribution in [3.05, 3.63) is 11.9 Å². The molecule has 3 N–H and O–H groups in total. The molecule has 1 heterocycles. The maximum Gasteiger partial charge on any atom is 0.271 e. The summed E-state index contributed by atoms with van der Waals surface area (Å²) in [6, 6.07) is 0.291. The Balaban J connectivity index is 2.04. The molecule has 0 spiro atoms. The molecule has 1 aliphatic carbocycles. The van der Waals surface area contributed by atoms with Gasteiger partial charge in [-0.25, -0.2) is 0 Å². The van der Waals surface area contributed by atoms with Crippen LogP contribution in [0, 0.1) is 0 Å². The van der Waals surface area contributed by atoms with Crippen LogP contribution in [0.25, 0.3) is 0 Å². The van der Waals surface area contributed by atoms with Gasteiger partial charge in [0.05, 0.1) is 11.9 Å². The molecule has 0 radical (unpaired) electrons. The minimum Gasteiger partial charge on any atom is -0.396 e. The zero-order valence-corrected chi connectivity index (χ0v) is 11.0. The minimum absolute atomic E-state index is 0.0845. The molecule has 1 saturated carbocycles. The number of carbonyl (C=O) groups excluding carboxylic acids is 1. The molecule has 1 aliphatic rings. The van der Waals surface area contributed by atoms with Crippen LogP contribution in [0.4, 0.5) is 5.69 Å². The topological polar surface area (TPSA) is 72.9 Å². The third-order valence-corrected chi connectivity index (χ3v) is 3.57. The molecule has 5 heteroatoms. The van der Waals surface area contributed by atoms with E-state index in [1.807, 2.05) is 6.92 Å². The molecule has 2 rings (SSSR count). The van der Waals surface area contributed by atoms with Gasteiger partial charge in [-0.1, -0.05) is 25.7 Å². The molecule has 0 saturated heterocycles. The van der Waals surface area contributed by atoms with Gasteiger partial charge in [0.25, 0.3) is 5.91 Å². The fraction of sp³-hybridized carbons (Fsp3) is 0.692. The van der Waals surface area contributed by atoms with Crippen LogP contribution in [0.5, 0.6) is 0 Å². The summed E-state index contributed by atoms with van der Waals surface area (Å²) in [6.07, 6.45) is 8.66. The van der Waals surface area contributed by atoms with E-state index >= 15 is 0 Å². The highest BCUT2D eigenvalue weighted by Gasteiger charge is 2.20. The zero-order chi connectivity index (χ0) is 13.0. The minimum atomic E-state index is -0.0845. The number of nitrogens with one attached hydrogen (secondary N) is 1. The second kappa shape index (κ2) is 5.89. The summed E-state index contributed by atoms with van der Waals surface area (Å²) in [7, 11) is 0. The van der Waals surface area contributed by atoms with Crippen molar-refractivity contribution in [2.24, 2.45) is 0 Å². The molecule has 1 fully saturated rings. The highest BCUT2D eigenvalue weighted by atomic mass is 16.2. The number of carbonyl (C=O) groups is 1. The van der Waals surface area contributed by atoms with Crippen LogP contribution >= 0.6 is 0 Å². The number of hydrogen-bond acceptors (Lipinski definition) is 3. The number of anilines is 1. The third kappa shape index (κ3) is 2.83. The summed E-state index contributed by atoms with van der Waals surface area (Å²) < 4.78 is 1.65. The van der Waals surface area contributed by atoms with Crippen LogP contribution in [0.1, 0.15) is 55.9 Å². The van der Waals surface area contributed by atoms with Gasteiger partial charge in [0.15, 0.2) is 0 Å². The number of nitrogen functional groups attached to an aromatic ring is 1. The fourth-order valence-corrected chi connectivity index (χ4v) is 2.57. The van der Waals surface area contributed by atoms with Gasteiger partial charge >= 0.3 is 0 Å². The van der Waals surface area contributed by atoms with E-state index in [1.54, 1.807) is 10.9 Å². The van der Waals surface area contributed by atoms with Crippen molar-refractivity contribution < 1.29 is 4.79 Å². The van der Waals surface area contributed by atoms with E-state index in [4.69, 9.17) is 5.73 Å². The van der Waals surface area contributed by atoms with Crippen molar-refractivity contribution in [1.29, 1.82) is 0 Å². The molecule has 0 aliphatic heterocycles. The first-order valence-corrected chi connectivity index (χ1v) is 6.84. The highest BCUT2D eigenvalue weighted by molar-refractivity contribution is 5.97. The second-order valence-electron chi connectivity index (χ2n) is 4.93. The third-order valence-electron chi connectivity index (χ3n) is 3.57. The van der Waals surface area contributed by atoms with E-state index in [2.05, 4.69) is 10.4 Å². The number of amides is 1. The van der Waals surface area contributed by atoms with E-state index < -0.39 is 0 Å². The summed E-state index contributed by atoms with van der Waals surface area (Å²) in [4.78, 5) is 12.2. The van der Waals surface area contributed by atoms with Gasteiger partial charge in [-0.15, -0.1) is 0 Å². The van der Waals surface area contributed by atoms with Crippen molar-refractivity contribution in [3.63, 3.8) is 0 Å². The number of hydrogen-bond donors (Lipinski definition) is 2. The SMILES string of the molecule is CCn1ncc(N)c1C(=O)NC1CCCCCC1. The van der Waals surface area contributed by atoms with Crippen molar-refractivity contribution in [2.45, 2.75) is 58.0 Å². The number of rotatable bonds is 3. The summed E-state index contributed by atoms with van der Waals surface area (Å²) in [6.45, 7) is 2.61. The Morgan fingerprint density at radius 2 is 2.11 bits per heavy atom. The van der Waals surface area contributed by atoms with Gasteiger partial charge in [-0.3, -0.25) is 9.48 Å². The van der Waals surface area contributed by atoms with Crippen LogP contribution in [-0.2, 0) is 6.54 Å². The first kappa shape index (κ1) is 12.9. The number of aryl methyl sites for hydroxylation is 1. The van der Waals surface area contributed by atoms with Crippen molar-refractivity contribution in [3.8, 4) is 0 Å². The summed E-state index contributed by atoms with van der Waals surface area (Å²) >= 11 is 0. The quantitative estimate of drug-likeness (QED) is 0.805. The fourth-order valence-electron chi connectivity index (χ4n) is 2.57. The summed E-state index contributed by atoms with van der Waals surface area (Å²) in [5.74, 6) is -0.0845. The number of nitrogens with two attached hydrogens (primary N) is 1. The molecule has 0 atom stereocenters. The number of nitrogens with zero attached hydrogens (tertiary/aromatic N) is 2. The molecule has 0 aromatic carbocycles. The van der Waals surface area contributed by atoms with Crippen LogP contribution < -0.4 is 11.1 Å². The Morgan fingerprint density at radius 1 is 1.44 bits per heavy atom. The number of aromatic nitrogens is 2. The highest BCUT2D eigenvalue weighted by Crippen LogP contribution is 2.18. The molecule has 18 heavy (non-hydrogen) atoms. The van der Waals surface area contributed by atoms with E-state index in [0.717, 1.165) is 12.8 Å². The molecular weight excluding hydrogens is 228 g/mol. The maximum atomic E-state index is 12.2. The van der Waals surface area contributed by atoms with Gasteiger partial charge < -0.3 is 11.1 Å². The molecule has 1 amide bonds. The lowest BCUT2D eigenvalue weighted by molar-refractivity contribution is 0.0923. The molecule has 1 aromatic heterocycles. The van der Waals surface area contributed by atoms with Gasteiger partial charge in [0, 0.05) is 12.6 Å². The van der Waals surface area contributed by atoms with E-state index in [0.29, 0.717) is 24.0 Å². The Morgan fingerprint density at radius 3 is 2.72 bits per heavy atom. The lowest BCUT2D eigenvalue weighted by Crippen LogP contribution is -2.36. The standard InChI is InChI=1S/C13H22N4O/c1-2-17-12(11(14)9-15-17)13(18)16-10-7-5-3-4-6-8-10/h9-10H,2-8,14H2,1H3,(H,16,18). The molecular formula is C13H22N4O. The maximum absolute atomic E-state index is 12.2. The Hall–Kier alpha value is -1.52. The molecule has 1 aromatic rings. The van der Waals surface area contributed by atoms with Gasteiger partial charge in [0.2, 0.25) is 0 Å². The predicted octanol–water partition coefficient (Wildman–Crippen LogP) is 1.94.